The number of nitrogens with one attached hydrogen (secondary N) is 1. The molecule has 1 aromatic carbocycles. The molecule has 0 saturated heterocycles. The van der Waals surface area contributed by atoms with Gasteiger partial charge in [0.05, 0.1) is 5.69 Å². The fraction of sp³-hybridized carbons (Fsp3) is 0. The molecule has 7 heteroatoms. The molecule has 92 valence electrons. The third-order valence-corrected chi connectivity index (χ3v) is 2.82. The average molecular weight is 266 g/mol. The maximum atomic E-state index is 12.7. The van der Waals surface area contributed by atoms with Crippen LogP contribution in [-0.4, -0.2) is 22.0 Å². The minimum absolute atomic E-state index is 0.182. The SMILES string of the molecule is O=C(O)C(=O)Nc1nc(-c2ccc(F)cc2)cs1. The van der Waals surface area contributed by atoms with E-state index in [0.717, 1.165) is 11.3 Å². The van der Waals surface area contributed by atoms with Crippen molar-refractivity contribution in [3.63, 3.8) is 0 Å². The summed E-state index contributed by atoms with van der Waals surface area (Å²) in [5.41, 5.74) is 1.23. The van der Waals surface area contributed by atoms with Gasteiger partial charge in [0.2, 0.25) is 0 Å². The summed E-state index contributed by atoms with van der Waals surface area (Å²) < 4.78 is 12.7. The lowest BCUT2D eigenvalue weighted by Gasteiger charge is -1.96. The van der Waals surface area contributed by atoms with Crippen molar-refractivity contribution in [1.82, 2.24) is 4.98 Å². The summed E-state index contributed by atoms with van der Waals surface area (Å²) in [5, 5.41) is 12.4. The van der Waals surface area contributed by atoms with Gasteiger partial charge in [0.25, 0.3) is 0 Å². The average Bonchev–Trinajstić information content (AvgIpc) is 2.78. The van der Waals surface area contributed by atoms with E-state index < -0.39 is 11.9 Å². The van der Waals surface area contributed by atoms with E-state index in [0.29, 0.717) is 11.3 Å². The number of halogens is 1. The first kappa shape index (κ1) is 12.2. The Morgan fingerprint density at radius 2 is 1.94 bits per heavy atom. The Kier molecular flexibility index (Phi) is 3.33. The lowest BCUT2D eigenvalue weighted by atomic mass is 10.2. The Morgan fingerprint density at radius 1 is 1.28 bits per heavy atom. The van der Waals surface area contributed by atoms with Gasteiger partial charge in [-0.25, -0.2) is 14.2 Å². The van der Waals surface area contributed by atoms with Crippen molar-refractivity contribution in [2.45, 2.75) is 0 Å². The van der Waals surface area contributed by atoms with E-state index in [1.165, 1.54) is 12.1 Å². The highest BCUT2D eigenvalue weighted by molar-refractivity contribution is 7.14. The molecule has 0 radical (unpaired) electrons. The molecule has 2 rings (SSSR count). The minimum atomic E-state index is -1.58. The highest BCUT2D eigenvalue weighted by atomic mass is 32.1. The number of thiazole rings is 1. The van der Waals surface area contributed by atoms with Crippen molar-refractivity contribution >= 4 is 28.3 Å². The second kappa shape index (κ2) is 4.92. The Hall–Kier alpha value is -2.28. The van der Waals surface area contributed by atoms with Gasteiger partial charge < -0.3 is 5.11 Å². The Labute approximate surface area is 105 Å². The molecule has 0 saturated carbocycles. The molecule has 0 spiro atoms. The van der Waals surface area contributed by atoms with Crippen LogP contribution >= 0.6 is 11.3 Å². The standard InChI is InChI=1S/C11H7FN2O3S/c12-7-3-1-6(2-4-7)8-5-18-11(13-8)14-9(15)10(16)17/h1-5H,(H,16,17)(H,13,14,15). The molecule has 0 unspecified atom stereocenters. The Balaban J connectivity index is 2.18. The molecule has 0 atom stereocenters. The summed E-state index contributed by atoms with van der Waals surface area (Å²) >= 11 is 1.09. The van der Waals surface area contributed by atoms with Crippen molar-refractivity contribution in [3.8, 4) is 11.3 Å². The third kappa shape index (κ3) is 2.69. The second-order valence-electron chi connectivity index (χ2n) is 3.30. The number of carboxylic acids is 1. The zero-order valence-corrected chi connectivity index (χ0v) is 9.70. The summed E-state index contributed by atoms with van der Waals surface area (Å²) in [6.45, 7) is 0. The molecule has 2 N–H and O–H groups in total. The van der Waals surface area contributed by atoms with Crippen LogP contribution in [0.15, 0.2) is 29.6 Å². The van der Waals surface area contributed by atoms with Gasteiger partial charge in [0, 0.05) is 10.9 Å². The van der Waals surface area contributed by atoms with Crippen LogP contribution in [0.25, 0.3) is 11.3 Å². The summed E-state index contributed by atoms with van der Waals surface area (Å²) in [4.78, 5) is 25.3. The van der Waals surface area contributed by atoms with Crippen molar-refractivity contribution in [1.29, 1.82) is 0 Å². The van der Waals surface area contributed by atoms with E-state index in [1.54, 1.807) is 17.5 Å². The fourth-order valence-electron chi connectivity index (χ4n) is 1.23. The van der Waals surface area contributed by atoms with Gasteiger partial charge in [0.15, 0.2) is 5.13 Å². The maximum absolute atomic E-state index is 12.7. The second-order valence-corrected chi connectivity index (χ2v) is 4.16. The van der Waals surface area contributed by atoms with Gasteiger partial charge in [0.1, 0.15) is 5.82 Å². The minimum Gasteiger partial charge on any atom is -0.474 e. The highest BCUT2D eigenvalue weighted by Crippen LogP contribution is 2.24. The molecule has 1 amide bonds. The van der Waals surface area contributed by atoms with Crippen LogP contribution in [0, 0.1) is 5.82 Å². The van der Waals surface area contributed by atoms with Crippen molar-refractivity contribution in [2.75, 3.05) is 5.32 Å². The number of nitrogens with zero attached hydrogens (tertiary/aromatic N) is 1. The fourth-order valence-corrected chi connectivity index (χ4v) is 1.95. The van der Waals surface area contributed by atoms with Crippen molar-refractivity contribution in [3.05, 3.63) is 35.5 Å². The van der Waals surface area contributed by atoms with Crippen LogP contribution in [0.1, 0.15) is 0 Å². The van der Waals surface area contributed by atoms with Gasteiger partial charge in [-0.3, -0.25) is 10.1 Å². The summed E-state index contributed by atoms with van der Waals surface area (Å²) in [5.74, 6) is -3.07. The van der Waals surface area contributed by atoms with Gasteiger partial charge in [-0.05, 0) is 24.3 Å². The van der Waals surface area contributed by atoms with Gasteiger partial charge in [-0.2, -0.15) is 0 Å². The number of carbonyl (C=O) groups excluding carboxylic acids is 1. The summed E-state index contributed by atoms with van der Waals surface area (Å²) in [6.07, 6.45) is 0. The lowest BCUT2D eigenvalue weighted by Crippen LogP contribution is -2.21. The summed E-state index contributed by atoms with van der Waals surface area (Å²) in [6, 6.07) is 5.69. The van der Waals surface area contributed by atoms with E-state index in [9.17, 15) is 14.0 Å². The van der Waals surface area contributed by atoms with E-state index in [4.69, 9.17) is 5.11 Å². The first-order valence-corrected chi connectivity index (χ1v) is 5.70. The first-order chi connectivity index (χ1) is 8.56. The van der Waals surface area contributed by atoms with E-state index in [-0.39, 0.29) is 10.9 Å². The number of aromatic nitrogens is 1. The normalized spacial score (nSPS) is 10.1. The molecule has 5 nitrogen and oxygen atoms in total. The van der Waals surface area contributed by atoms with E-state index in [2.05, 4.69) is 10.3 Å². The van der Waals surface area contributed by atoms with Gasteiger partial charge >= 0.3 is 11.9 Å². The molecule has 1 aromatic heterocycles. The monoisotopic (exact) mass is 266 g/mol. The number of hydrogen-bond acceptors (Lipinski definition) is 4. The van der Waals surface area contributed by atoms with Crippen molar-refractivity contribution < 1.29 is 19.1 Å². The molecule has 1 heterocycles. The number of carboxylic acid groups (broad SMARTS) is 1. The highest BCUT2D eigenvalue weighted by Gasteiger charge is 2.13. The summed E-state index contributed by atoms with van der Waals surface area (Å²) in [7, 11) is 0. The molecule has 0 fully saturated rings. The van der Waals surface area contributed by atoms with Crippen LogP contribution in [0.4, 0.5) is 9.52 Å². The first-order valence-electron chi connectivity index (χ1n) is 4.82. The predicted octanol–water partition coefficient (Wildman–Crippen LogP) is 1.97. The smallest absolute Gasteiger partial charge is 0.394 e. The molecule has 0 aliphatic rings. The van der Waals surface area contributed by atoms with E-state index >= 15 is 0 Å². The van der Waals surface area contributed by atoms with Crippen molar-refractivity contribution in [2.24, 2.45) is 0 Å². The lowest BCUT2D eigenvalue weighted by molar-refractivity contribution is -0.147. The number of carbonyl (C=O) groups is 2. The molecular formula is C11H7FN2O3S. The van der Waals surface area contributed by atoms with Crippen LogP contribution in [-0.2, 0) is 9.59 Å². The molecule has 0 bridgehead atoms. The number of rotatable bonds is 2. The molecule has 18 heavy (non-hydrogen) atoms. The Morgan fingerprint density at radius 3 is 2.56 bits per heavy atom. The number of amides is 1. The van der Waals surface area contributed by atoms with Crippen LogP contribution in [0.2, 0.25) is 0 Å². The zero-order chi connectivity index (χ0) is 13.1. The number of aliphatic carboxylic acids is 1. The Bertz CT molecular complexity index is 595. The van der Waals surface area contributed by atoms with Gasteiger partial charge in [-0.1, -0.05) is 0 Å². The predicted molar refractivity (Wildman–Crippen MR) is 63.8 cm³/mol. The topological polar surface area (TPSA) is 79.3 Å². The van der Waals surface area contributed by atoms with Crippen LogP contribution in [0.5, 0.6) is 0 Å². The van der Waals surface area contributed by atoms with Crippen LogP contribution < -0.4 is 5.32 Å². The number of hydrogen-bond donors (Lipinski definition) is 2. The molecule has 2 aromatic rings. The van der Waals surface area contributed by atoms with E-state index in [1.807, 2.05) is 0 Å². The quantitative estimate of drug-likeness (QED) is 0.814. The number of anilines is 1. The largest absolute Gasteiger partial charge is 0.474 e. The van der Waals surface area contributed by atoms with Crippen LogP contribution in [0.3, 0.4) is 0 Å². The molecular weight excluding hydrogens is 259 g/mol. The zero-order valence-electron chi connectivity index (χ0n) is 8.88. The maximum Gasteiger partial charge on any atom is 0.394 e. The number of benzene rings is 1. The molecule has 0 aliphatic carbocycles. The third-order valence-electron chi connectivity index (χ3n) is 2.06. The molecule has 0 aliphatic heterocycles. The van der Waals surface area contributed by atoms with Gasteiger partial charge in [-0.15, -0.1) is 11.3 Å².